The minimum Gasteiger partial charge on any atom is -0.361 e. The lowest BCUT2D eigenvalue weighted by Gasteiger charge is -2.32. The lowest BCUT2D eigenvalue weighted by molar-refractivity contribution is 0.0708. The first-order valence-electron chi connectivity index (χ1n) is 8.74. The Morgan fingerprint density at radius 1 is 1.27 bits per heavy atom. The molecule has 1 saturated heterocycles. The Balaban J connectivity index is 1.63. The van der Waals surface area contributed by atoms with E-state index in [1.165, 1.54) is 0 Å². The number of piperidine rings is 1. The second-order valence-corrected chi connectivity index (χ2v) is 8.13. The van der Waals surface area contributed by atoms with E-state index in [1.54, 1.807) is 42.2 Å². The number of rotatable bonds is 5. The molecule has 0 saturated carbocycles. The second-order valence-electron chi connectivity index (χ2n) is 6.41. The van der Waals surface area contributed by atoms with E-state index in [0.29, 0.717) is 49.4 Å². The summed E-state index contributed by atoms with van der Waals surface area (Å²) in [5, 5.41) is 3.93. The number of amides is 1. The molecule has 1 amide bonds. The van der Waals surface area contributed by atoms with Crippen molar-refractivity contribution in [3.8, 4) is 0 Å². The summed E-state index contributed by atoms with van der Waals surface area (Å²) in [4.78, 5) is 14.8. The molecule has 1 fully saturated rings. The number of aryl methyl sites for hydroxylation is 2. The van der Waals surface area contributed by atoms with Crippen LogP contribution in [0.5, 0.6) is 0 Å². The van der Waals surface area contributed by atoms with Crippen LogP contribution in [0.4, 0.5) is 0 Å². The third-order valence-corrected chi connectivity index (χ3v) is 6.18. The number of hydrogen-bond donors (Lipinski definition) is 1. The number of carbonyl (C=O) groups excluding carboxylic acids is 1. The van der Waals surface area contributed by atoms with E-state index in [9.17, 15) is 13.2 Å². The minimum atomic E-state index is -3.54. The van der Waals surface area contributed by atoms with Gasteiger partial charge in [0.25, 0.3) is 5.91 Å². The number of nitrogens with one attached hydrogen (secondary N) is 1. The van der Waals surface area contributed by atoms with Crippen molar-refractivity contribution < 1.29 is 17.7 Å². The van der Waals surface area contributed by atoms with Gasteiger partial charge in [0.1, 0.15) is 11.3 Å². The molecule has 0 atom stereocenters. The second kappa shape index (κ2) is 7.59. The molecular formula is C18H23N3O4S. The van der Waals surface area contributed by atoms with Crippen molar-refractivity contribution in [2.75, 3.05) is 13.1 Å². The molecule has 2 heterocycles. The average Bonchev–Trinajstić information content (AvgIpc) is 3.03. The number of likely N-dealkylation sites (tertiary alicyclic amines) is 1. The van der Waals surface area contributed by atoms with E-state index >= 15 is 0 Å². The van der Waals surface area contributed by atoms with Gasteiger partial charge in [0.05, 0.1) is 10.6 Å². The van der Waals surface area contributed by atoms with Gasteiger partial charge in [-0.05, 0) is 38.3 Å². The maximum atomic E-state index is 12.8. The monoisotopic (exact) mass is 377 g/mol. The van der Waals surface area contributed by atoms with E-state index in [4.69, 9.17) is 4.52 Å². The predicted molar refractivity (Wildman–Crippen MR) is 96.3 cm³/mol. The summed E-state index contributed by atoms with van der Waals surface area (Å²) < 4.78 is 32.7. The van der Waals surface area contributed by atoms with E-state index in [-0.39, 0.29) is 16.8 Å². The van der Waals surface area contributed by atoms with Gasteiger partial charge in [-0.2, -0.15) is 0 Å². The van der Waals surface area contributed by atoms with Crippen LogP contribution in [-0.4, -0.2) is 43.5 Å². The lowest BCUT2D eigenvalue weighted by atomic mass is 10.0. The standard InChI is InChI=1S/C18H23N3O4S/c1-3-16-17(13(2)25-19-16)18(22)21-11-9-14(10-12-21)20-26(23,24)15-7-5-4-6-8-15/h4-8,14,20H,3,9-12H2,1-2H3. The number of nitrogens with zero attached hydrogens (tertiary/aromatic N) is 2. The normalized spacial score (nSPS) is 16.0. The summed E-state index contributed by atoms with van der Waals surface area (Å²) in [6.45, 7) is 4.65. The van der Waals surface area contributed by atoms with Crippen molar-refractivity contribution in [1.82, 2.24) is 14.8 Å². The quantitative estimate of drug-likeness (QED) is 0.862. The minimum absolute atomic E-state index is 0.0926. The van der Waals surface area contributed by atoms with E-state index < -0.39 is 10.0 Å². The predicted octanol–water partition coefficient (Wildman–Crippen LogP) is 2.13. The van der Waals surface area contributed by atoms with Crippen LogP contribution in [0.15, 0.2) is 39.8 Å². The molecule has 140 valence electrons. The van der Waals surface area contributed by atoms with Gasteiger partial charge < -0.3 is 9.42 Å². The first kappa shape index (κ1) is 18.6. The summed E-state index contributed by atoms with van der Waals surface area (Å²) in [6, 6.07) is 8.13. The molecule has 7 nitrogen and oxygen atoms in total. The zero-order valence-electron chi connectivity index (χ0n) is 14.9. The molecule has 0 spiro atoms. The number of aromatic nitrogens is 1. The Labute approximate surface area is 153 Å². The van der Waals surface area contributed by atoms with Crippen molar-refractivity contribution in [2.45, 2.75) is 44.0 Å². The first-order valence-corrected chi connectivity index (χ1v) is 10.2. The van der Waals surface area contributed by atoms with Crippen LogP contribution in [0.2, 0.25) is 0 Å². The molecule has 3 rings (SSSR count). The molecule has 8 heteroatoms. The van der Waals surface area contributed by atoms with Gasteiger partial charge in [0.15, 0.2) is 0 Å². The molecule has 1 aromatic heterocycles. The van der Waals surface area contributed by atoms with Gasteiger partial charge in [0.2, 0.25) is 10.0 Å². The lowest BCUT2D eigenvalue weighted by Crippen LogP contribution is -2.46. The first-order chi connectivity index (χ1) is 12.4. The Bertz CT molecular complexity index is 869. The van der Waals surface area contributed by atoms with E-state index in [2.05, 4.69) is 9.88 Å². The van der Waals surface area contributed by atoms with Crippen molar-refractivity contribution >= 4 is 15.9 Å². The molecule has 26 heavy (non-hydrogen) atoms. The Morgan fingerprint density at radius 2 is 1.92 bits per heavy atom. The highest BCUT2D eigenvalue weighted by atomic mass is 32.2. The smallest absolute Gasteiger partial charge is 0.259 e. The van der Waals surface area contributed by atoms with Gasteiger partial charge in [-0.25, -0.2) is 13.1 Å². The third kappa shape index (κ3) is 3.81. The van der Waals surface area contributed by atoms with E-state index in [0.717, 1.165) is 0 Å². The maximum Gasteiger partial charge on any atom is 0.259 e. The number of carbonyl (C=O) groups is 1. The average molecular weight is 377 g/mol. The number of sulfonamides is 1. The fraction of sp³-hybridized carbons (Fsp3) is 0.444. The molecule has 1 aliphatic heterocycles. The zero-order chi connectivity index (χ0) is 18.7. The molecule has 0 bridgehead atoms. The molecule has 2 aromatic rings. The SMILES string of the molecule is CCc1noc(C)c1C(=O)N1CCC(NS(=O)(=O)c2ccccc2)CC1. The molecule has 1 aromatic carbocycles. The number of hydrogen-bond acceptors (Lipinski definition) is 5. The summed E-state index contributed by atoms with van der Waals surface area (Å²) >= 11 is 0. The van der Waals surface area contributed by atoms with Gasteiger partial charge >= 0.3 is 0 Å². The summed E-state index contributed by atoms with van der Waals surface area (Å²) in [6.07, 6.45) is 1.78. The van der Waals surface area contributed by atoms with Crippen LogP contribution in [0.1, 0.15) is 41.6 Å². The molecule has 0 unspecified atom stereocenters. The molecule has 0 radical (unpaired) electrons. The van der Waals surface area contributed by atoms with Gasteiger partial charge in [-0.1, -0.05) is 30.3 Å². The largest absolute Gasteiger partial charge is 0.361 e. The maximum absolute atomic E-state index is 12.8. The highest BCUT2D eigenvalue weighted by Crippen LogP contribution is 2.20. The Morgan fingerprint density at radius 3 is 2.54 bits per heavy atom. The van der Waals surface area contributed by atoms with Crippen LogP contribution in [0, 0.1) is 6.92 Å². The van der Waals surface area contributed by atoms with Gasteiger partial charge in [0, 0.05) is 19.1 Å². The van der Waals surface area contributed by atoms with Crippen LogP contribution in [0.3, 0.4) is 0 Å². The Kier molecular flexibility index (Phi) is 5.43. The van der Waals surface area contributed by atoms with Crippen LogP contribution in [-0.2, 0) is 16.4 Å². The van der Waals surface area contributed by atoms with Crippen molar-refractivity contribution in [3.05, 3.63) is 47.3 Å². The molecule has 1 aliphatic rings. The van der Waals surface area contributed by atoms with Crippen LogP contribution < -0.4 is 4.72 Å². The highest BCUT2D eigenvalue weighted by Gasteiger charge is 2.30. The zero-order valence-corrected chi connectivity index (χ0v) is 15.8. The highest BCUT2D eigenvalue weighted by molar-refractivity contribution is 7.89. The van der Waals surface area contributed by atoms with Gasteiger partial charge in [-0.15, -0.1) is 0 Å². The fourth-order valence-corrected chi connectivity index (χ4v) is 4.51. The number of benzene rings is 1. The Hall–Kier alpha value is -2.19. The topological polar surface area (TPSA) is 92.5 Å². The summed E-state index contributed by atoms with van der Waals surface area (Å²) in [5.41, 5.74) is 1.20. The summed E-state index contributed by atoms with van der Waals surface area (Å²) in [5.74, 6) is 0.434. The van der Waals surface area contributed by atoms with Crippen LogP contribution >= 0.6 is 0 Å². The van der Waals surface area contributed by atoms with Crippen molar-refractivity contribution in [2.24, 2.45) is 0 Å². The van der Waals surface area contributed by atoms with Gasteiger partial charge in [-0.3, -0.25) is 4.79 Å². The van der Waals surface area contributed by atoms with Crippen LogP contribution in [0.25, 0.3) is 0 Å². The fourth-order valence-electron chi connectivity index (χ4n) is 3.18. The van der Waals surface area contributed by atoms with Crippen molar-refractivity contribution in [3.63, 3.8) is 0 Å². The van der Waals surface area contributed by atoms with Crippen molar-refractivity contribution in [1.29, 1.82) is 0 Å². The third-order valence-electron chi connectivity index (χ3n) is 4.64. The molecular weight excluding hydrogens is 354 g/mol. The summed E-state index contributed by atoms with van der Waals surface area (Å²) in [7, 11) is -3.54. The molecule has 1 N–H and O–H groups in total. The van der Waals surface area contributed by atoms with E-state index in [1.807, 2.05) is 6.92 Å². The molecule has 0 aliphatic carbocycles.